The van der Waals surface area contributed by atoms with Crippen LogP contribution in [0.3, 0.4) is 0 Å². The number of cyclic esters (lactones) is 1. The van der Waals surface area contributed by atoms with Crippen molar-refractivity contribution in [3.8, 4) is 0 Å². The Morgan fingerprint density at radius 2 is 1.69 bits per heavy atom. The molecule has 3 aliphatic heterocycles. The van der Waals surface area contributed by atoms with Crippen molar-refractivity contribution in [3.63, 3.8) is 0 Å². The molecular weight excluding hydrogens is 479 g/mol. The molecule has 0 aromatic rings. The zero-order valence-corrected chi connectivity index (χ0v) is 19.9. The number of ether oxygens (including phenoxy) is 3. The molecule has 0 amide bonds. The quantitative estimate of drug-likeness (QED) is 0.248. The minimum atomic E-state index is -0.256. The minimum absolute atomic E-state index is 0.0898. The molecular formula is C24H35IO4. The van der Waals surface area contributed by atoms with Crippen LogP contribution in [0.2, 0.25) is 0 Å². The van der Waals surface area contributed by atoms with Crippen LogP contribution >= 0.6 is 22.6 Å². The van der Waals surface area contributed by atoms with Gasteiger partial charge >= 0.3 is 5.97 Å². The van der Waals surface area contributed by atoms with Crippen LogP contribution in [0.1, 0.15) is 65.2 Å². The van der Waals surface area contributed by atoms with E-state index in [-0.39, 0.29) is 42.7 Å². The van der Waals surface area contributed by atoms with E-state index in [1.807, 2.05) is 10.2 Å². The topological polar surface area (TPSA) is 44.8 Å². The van der Waals surface area contributed by atoms with E-state index < -0.39 is 0 Å². The van der Waals surface area contributed by atoms with Gasteiger partial charge in [0.2, 0.25) is 0 Å². The van der Waals surface area contributed by atoms with Gasteiger partial charge in [-0.2, -0.15) is 0 Å². The van der Waals surface area contributed by atoms with Crippen molar-refractivity contribution in [3.05, 3.63) is 34.5 Å². The molecule has 3 unspecified atom stereocenters. The van der Waals surface area contributed by atoms with Crippen LogP contribution in [0.5, 0.6) is 0 Å². The van der Waals surface area contributed by atoms with Crippen molar-refractivity contribution in [2.24, 2.45) is 11.8 Å². The van der Waals surface area contributed by atoms with Crippen LogP contribution in [0.15, 0.2) is 34.5 Å². The summed E-state index contributed by atoms with van der Waals surface area (Å²) in [5.74, 6) is 0.358. The van der Waals surface area contributed by atoms with Crippen LogP contribution < -0.4 is 0 Å². The van der Waals surface area contributed by atoms with Gasteiger partial charge in [-0.25, -0.2) is 0 Å². The highest BCUT2D eigenvalue weighted by molar-refractivity contribution is 14.1. The van der Waals surface area contributed by atoms with Gasteiger partial charge in [0.05, 0.1) is 30.8 Å². The number of allylic oxidation sites excluding steroid dienone is 1. The Hall–Kier alpha value is -0.660. The van der Waals surface area contributed by atoms with E-state index >= 15 is 0 Å². The summed E-state index contributed by atoms with van der Waals surface area (Å²) in [4.78, 5) is 12.6. The Kier molecular flexibility index (Phi) is 8.81. The summed E-state index contributed by atoms with van der Waals surface area (Å²) in [6, 6.07) is 0. The Labute approximate surface area is 189 Å². The zero-order chi connectivity index (χ0) is 20.8. The Balaban J connectivity index is 1.78. The molecule has 2 fully saturated rings. The molecule has 4 nitrogen and oxygen atoms in total. The van der Waals surface area contributed by atoms with Crippen molar-refractivity contribution in [1.82, 2.24) is 0 Å². The number of carbonyl (C=O) groups is 1. The molecule has 0 spiro atoms. The van der Waals surface area contributed by atoms with Gasteiger partial charge in [-0.05, 0) is 54.6 Å². The number of fused-ring (bicyclic) bond motifs is 4. The highest BCUT2D eigenvalue weighted by atomic mass is 127. The summed E-state index contributed by atoms with van der Waals surface area (Å²) in [6.07, 6.45) is 13.9. The van der Waals surface area contributed by atoms with Gasteiger partial charge in [-0.15, -0.1) is 0 Å². The number of hydrogen-bond donors (Lipinski definition) is 0. The first-order valence-corrected chi connectivity index (χ1v) is 12.3. The molecule has 0 aromatic heterocycles. The first-order chi connectivity index (χ1) is 13.9. The molecule has 5 heteroatoms. The highest BCUT2D eigenvalue weighted by Gasteiger charge is 2.32. The normalized spacial score (nSPS) is 41.1. The second-order valence-electron chi connectivity index (χ2n) is 9.02. The minimum Gasteiger partial charge on any atom is -0.457 e. The second-order valence-corrected chi connectivity index (χ2v) is 9.74. The third kappa shape index (κ3) is 7.21. The maximum atomic E-state index is 12.6. The summed E-state index contributed by atoms with van der Waals surface area (Å²) in [7, 11) is 0. The van der Waals surface area contributed by atoms with E-state index in [1.54, 1.807) is 0 Å². The lowest BCUT2D eigenvalue weighted by Gasteiger charge is -2.37. The monoisotopic (exact) mass is 514 g/mol. The van der Waals surface area contributed by atoms with Gasteiger partial charge in [0, 0.05) is 12.3 Å². The number of rotatable bonds is 1. The van der Waals surface area contributed by atoms with E-state index in [1.165, 1.54) is 12.0 Å². The maximum Gasteiger partial charge on any atom is 0.309 e. The first kappa shape index (κ1) is 23.0. The number of hydrogen-bond acceptors (Lipinski definition) is 4. The Morgan fingerprint density at radius 3 is 2.45 bits per heavy atom. The van der Waals surface area contributed by atoms with Crippen LogP contribution in [0.4, 0.5) is 0 Å². The molecule has 0 aromatic carbocycles. The molecule has 0 N–H and O–H groups in total. The molecule has 0 aliphatic carbocycles. The van der Waals surface area contributed by atoms with Crippen LogP contribution in [-0.4, -0.2) is 36.5 Å². The van der Waals surface area contributed by atoms with Gasteiger partial charge in [0.15, 0.2) is 0 Å². The molecule has 0 radical (unpaired) electrons. The van der Waals surface area contributed by atoms with Crippen LogP contribution in [0, 0.1) is 11.8 Å². The van der Waals surface area contributed by atoms with Gasteiger partial charge in [-0.3, -0.25) is 4.79 Å². The van der Waals surface area contributed by atoms with E-state index in [9.17, 15) is 4.79 Å². The van der Waals surface area contributed by atoms with E-state index in [0.717, 1.165) is 38.5 Å². The molecule has 3 aliphatic rings. The number of halogens is 1. The van der Waals surface area contributed by atoms with Crippen molar-refractivity contribution in [2.45, 2.75) is 95.7 Å². The fourth-order valence-electron chi connectivity index (χ4n) is 4.72. The summed E-state index contributed by atoms with van der Waals surface area (Å²) < 4.78 is 20.5. The Morgan fingerprint density at radius 1 is 1.00 bits per heavy atom. The highest BCUT2D eigenvalue weighted by Crippen LogP contribution is 2.33. The second kappa shape index (κ2) is 11.1. The van der Waals surface area contributed by atoms with E-state index in [4.69, 9.17) is 14.2 Å². The van der Waals surface area contributed by atoms with Crippen molar-refractivity contribution in [1.29, 1.82) is 0 Å². The first-order valence-electron chi connectivity index (χ1n) is 11.0. The fraction of sp³-hybridized carbons (Fsp3) is 0.708. The summed E-state index contributed by atoms with van der Waals surface area (Å²) in [5.41, 5.74) is 1.17. The van der Waals surface area contributed by atoms with Crippen molar-refractivity contribution < 1.29 is 19.0 Å². The largest absolute Gasteiger partial charge is 0.457 e. The number of carbonyl (C=O) groups excluding carboxylic acids is 1. The SMILES string of the molecule is C=C1CC2CC(=O)OC(/C=C/I)[C@@H](C)/C=C/[C@H](C)C[C@H]3CCCC(C[C@@H](C1)O2)O3. The van der Waals surface area contributed by atoms with E-state index in [0.29, 0.717) is 12.0 Å². The van der Waals surface area contributed by atoms with Gasteiger partial charge in [-0.1, -0.05) is 60.7 Å². The zero-order valence-electron chi connectivity index (χ0n) is 17.7. The molecule has 7 atom stereocenters. The Bertz CT molecular complexity index is 628. The standard InChI is InChI=1S/C24H35IO4/c1-16-7-8-18(3)23(9-10-25)29-24(26)15-22-13-17(2)12-21(28-22)14-20-6-4-5-19(11-16)27-20/h7-10,16,18-23H,2,4-6,11-15H2,1,3H3/b8-7+,10-9+/t16-,18-,19+,20?,21+,22?,23?/m0/s1. The lowest BCUT2D eigenvalue weighted by Crippen LogP contribution is -2.37. The molecule has 29 heavy (non-hydrogen) atoms. The van der Waals surface area contributed by atoms with Crippen molar-refractivity contribution >= 4 is 28.6 Å². The summed E-state index contributed by atoms with van der Waals surface area (Å²) >= 11 is 2.18. The molecule has 0 saturated carbocycles. The summed E-state index contributed by atoms with van der Waals surface area (Å²) in [5, 5.41) is 0. The molecule has 4 bridgehead atoms. The predicted molar refractivity (Wildman–Crippen MR) is 124 cm³/mol. The molecule has 2 saturated heterocycles. The maximum absolute atomic E-state index is 12.6. The van der Waals surface area contributed by atoms with Crippen LogP contribution in [0.25, 0.3) is 0 Å². The third-order valence-corrected chi connectivity index (χ3v) is 6.62. The lowest BCUT2D eigenvalue weighted by atomic mass is 9.90. The fourth-order valence-corrected chi connectivity index (χ4v) is 5.13. The van der Waals surface area contributed by atoms with Crippen LogP contribution in [-0.2, 0) is 19.0 Å². The number of esters is 1. The molecule has 162 valence electrons. The van der Waals surface area contributed by atoms with Gasteiger partial charge < -0.3 is 14.2 Å². The van der Waals surface area contributed by atoms with Crippen molar-refractivity contribution in [2.75, 3.05) is 0 Å². The average molecular weight is 514 g/mol. The smallest absolute Gasteiger partial charge is 0.309 e. The average Bonchev–Trinajstić information content (AvgIpc) is 2.65. The molecule has 3 heterocycles. The predicted octanol–water partition coefficient (Wildman–Crippen LogP) is 5.90. The van der Waals surface area contributed by atoms with Gasteiger partial charge in [0.1, 0.15) is 6.10 Å². The summed E-state index contributed by atoms with van der Waals surface area (Å²) in [6.45, 7) is 8.55. The molecule has 3 rings (SSSR count). The van der Waals surface area contributed by atoms with Gasteiger partial charge in [0.25, 0.3) is 0 Å². The lowest BCUT2D eigenvalue weighted by molar-refractivity contribution is -0.154. The van der Waals surface area contributed by atoms with E-state index in [2.05, 4.69) is 55.2 Å². The third-order valence-electron chi connectivity index (χ3n) is 6.20.